The first-order chi connectivity index (χ1) is 9.61. The molecule has 0 radical (unpaired) electrons. The molecule has 1 N–H and O–H groups in total. The smallest absolute Gasteiger partial charge is 0.132 e. The molecule has 0 bridgehead atoms. The van der Waals surface area contributed by atoms with Crippen molar-refractivity contribution < 1.29 is 4.74 Å². The van der Waals surface area contributed by atoms with Crippen LogP contribution >= 0.6 is 0 Å². The number of para-hydroxylation sites is 2. The molecule has 0 aliphatic carbocycles. The lowest BCUT2D eigenvalue weighted by Gasteiger charge is -2.33. The number of nitrogens with one attached hydrogen (secondary N) is 1. The second-order valence-electron chi connectivity index (χ2n) is 5.52. The van der Waals surface area contributed by atoms with E-state index in [-0.39, 0.29) is 11.6 Å². The molecular formula is C18H17NO. The molecule has 1 aliphatic heterocycles. The highest BCUT2D eigenvalue weighted by atomic mass is 16.5. The molecule has 2 heteroatoms. The summed E-state index contributed by atoms with van der Waals surface area (Å²) in [6.07, 6.45) is 5.62. The lowest BCUT2D eigenvalue weighted by molar-refractivity contribution is 0.391. The van der Waals surface area contributed by atoms with Gasteiger partial charge in [-0.1, -0.05) is 42.3 Å². The Bertz CT molecular complexity index is 636. The molecule has 1 heterocycles. The largest absolute Gasteiger partial charge is 0.457 e. The normalized spacial score (nSPS) is 13.8. The van der Waals surface area contributed by atoms with E-state index in [1.54, 1.807) is 0 Å². The molecule has 0 spiro atoms. The van der Waals surface area contributed by atoms with Gasteiger partial charge in [-0.05, 0) is 26.0 Å². The Hall–Kier alpha value is -2.24. The van der Waals surface area contributed by atoms with Gasteiger partial charge in [-0.15, -0.1) is 6.42 Å². The number of hydrogen-bond acceptors (Lipinski definition) is 2. The summed E-state index contributed by atoms with van der Waals surface area (Å²) < 4.78 is 5.96. The zero-order valence-electron chi connectivity index (χ0n) is 11.7. The van der Waals surface area contributed by atoms with Crippen LogP contribution in [0.15, 0.2) is 48.5 Å². The van der Waals surface area contributed by atoms with Crippen molar-refractivity contribution in [3.8, 4) is 23.8 Å². The van der Waals surface area contributed by atoms with Gasteiger partial charge in [0.1, 0.15) is 11.5 Å². The van der Waals surface area contributed by atoms with Crippen molar-refractivity contribution in [3.63, 3.8) is 0 Å². The second kappa shape index (κ2) is 4.70. The van der Waals surface area contributed by atoms with Crippen molar-refractivity contribution in [1.29, 1.82) is 0 Å². The molecule has 0 amide bonds. The molecule has 0 saturated carbocycles. The van der Waals surface area contributed by atoms with Crippen molar-refractivity contribution in [1.82, 2.24) is 5.32 Å². The van der Waals surface area contributed by atoms with E-state index >= 15 is 0 Å². The van der Waals surface area contributed by atoms with Crippen molar-refractivity contribution in [2.45, 2.75) is 25.4 Å². The number of benzene rings is 2. The van der Waals surface area contributed by atoms with E-state index in [2.05, 4.69) is 23.4 Å². The topological polar surface area (TPSA) is 21.3 Å². The molecule has 3 rings (SSSR count). The van der Waals surface area contributed by atoms with E-state index in [1.807, 2.05) is 50.2 Å². The highest BCUT2D eigenvalue weighted by Crippen LogP contribution is 2.43. The summed E-state index contributed by atoms with van der Waals surface area (Å²) >= 11 is 0. The molecule has 2 aromatic rings. The average molecular weight is 263 g/mol. The third-order valence-corrected chi connectivity index (χ3v) is 3.55. The molecule has 0 aromatic heterocycles. The van der Waals surface area contributed by atoms with E-state index in [0.717, 1.165) is 22.6 Å². The molecule has 20 heavy (non-hydrogen) atoms. The van der Waals surface area contributed by atoms with Crippen LogP contribution < -0.4 is 10.1 Å². The van der Waals surface area contributed by atoms with E-state index in [0.29, 0.717) is 0 Å². The zero-order chi connectivity index (χ0) is 14.2. The van der Waals surface area contributed by atoms with Gasteiger partial charge < -0.3 is 4.74 Å². The minimum atomic E-state index is -0.387. The molecule has 2 nitrogen and oxygen atoms in total. The van der Waals surface area contributed by atoms with Gasteiger partial charge in [-0.25, -0.2) is 0 Å². The van der Waals surface area contributed by atoms with Crippen LogP contribution in [0, 0.1) is 12.3 Å². The summed E-state index contributed by atoms with van der Waals surface area (Å²) in [6, 6.07) is 16.2. The SMILES string of the molecule is C#CC(C)(C)NC1c2ccccc2Oc2ccccc21. The van der Waals surface area contributed by atoms with Gasteiger partial charge in [-0.2, -0.15) is 0 Å². The van der Waals surface area contributed by atoms with Gasteiger partial charge in [0.15, 0.2) is 0 Å². The molecule has 2 aromatic carbocycles. The molecule has 0 fully saturated rings. The minimum absolute atomic E-state index is 0.0437. The van der Waals surface area contributed by atoms with Crippen molar-refractivity contribution in [3.05, 3.63) is 59.7 Å². The third-order valence-electron chi connectivity index (χ3n) is 3.55. The van der Waals surface area contributed by atoms with Gasteiger partial charge >= 0.3 is 0 Å². The predicted molar refractivity (Wildman–Crippen MR) is 80.8 cm³/mol. The first-order valence-electron chi connectivity index (χ1n) is 6.72. The Balaban J connectivity index is 2.11. The van der Waals surface area contributed by atoms with Crippen LogP contribution in [0.5, 0.6) is 11.5 Å². The van der Waals surface area contributed by atoms with Crippen molar-refractivity contribution >= 4 is 0 Å². The average Bonchev–Trinajstić information content (AvgIpc) is 2.47. The first-order valence-corrected chi connectivity index (χ1v) is 6.72. The highest BCUT2D eigenvalue weighted by molar-refractivity contribution is 5.53. The summed E-state index contributed by atoms with van der Waals surface area (Å²) in [4.78, 5) is 0. The third kappa shape index (κ3) is 2.17. The van der Waals surface area contributed by atoms with Crippen molar-refractivity contribution in [2.24, 2.45) is 0 Å². The zero-order valence-corrected chi connectivity index (χ0v) is 11.7. The van der Waals surface area contributed by atoms with E-state index in [9.17, 15) is 0 Å². The standard InChI is InChI=1S/C18H17NO/c1-4-18(2,3)19-17-13-9-5-7-11-15(13)20-16-12-8-6-10-14(16)17/h1,5-12,17,19H,2-3H3. The summed E-state index contributed by atoms with van der Waals surface area (Å²) in [5.74, 6) is 4.57. The molecule has 0 unspecified atom stereocenters. The maximum atomic E-state index is 5.96. The molecule has 100 valence electrons. The monoisotopic (exact) mass is 263 g/mol. The summed E-state index contributed by atoms with van der Waals surface area (Å²) in [6.45, 7) is 4.02. The van der Waals surface area contributed by atoms with Crippen LogP contribution in [0.25, 0.3) is 0 Å². The van der Waals surface area contributed by atoms with Crippen molar-refractivity contribution in [2.75, 3.05) is 0 Å². The van der Waals surface area contributed by atoms with Crippen LogP contribution in [-0.4, -0.2) is 5.54 Å². The van der Waals surface area contributed by atoms with Gasteiger partial charge in [0.25, 0.3) is 0 Å². The Morgan fingerprint density at radius 3 is 2.00 bits per heavy atom. The summed E-state index contributed by atoms with van der Waals surface area (Å²) in [5, 5.41) is 3.54. The molecular weight excluding hydrogens is 246 g/mol. The maximum Gasteiger partial charge on any atom is 0.132 e. The highest BCUT2D eigenvalue weighted by Gasteiger charge is 2.30. The van der Waals surface area contributed by atoms with Crippen LogP contribution in [-0.2, 0) is 0 Å². The lowest BCUT2D eigenvalue weighted by Crippen LogP contribution is -2.41. The quantitative estimate of drug-likeness (QED) is 0.830. The first kappa shape index (κ1) is 12.8. The van der Waals surface area contributed by atoms with Gasteiger partial charge in [0.2, 0.25) is 0 Å². The minimum Gasteiger partial charge on any atom is -0.457 e. The number of terminal acetylenes is 1. The summed E-state index contributed by atoms with van der Waals surface area (Å²) in [5.41, 5.74) is 1.85. The molecule has 0 atom stereocenters. The number of rotatable bonds is 2. The molecule has 1 aliphatic rings. The summed E-state index contributed by atoms with van der Waals surface area (Å²) in [7, 11) is 0. The fraction of sp³-hybridized carbons (Fsp3) is 0.222. The van der Waals surface area contributed by atoms with E-state index in [1.165, 1.54) is 0 Å². The van der Waals surface area contributed by atoms with Crippen LogP contribution in [0.1, 0.15) is 31.0 Å². The van der Waals surface area contributed by atoms with Crippen LogP contribution in [0.2, 0.25) is 0 Å². The maximum absolute atomic E-state index is 5.96. The number of ether oxygens (including phenoxy) is 1. The fourth-order valence-corrected chi connectivity index (χ4v) is 2.47. The second-order valence-corrected chi connectivity index (χ2v) is 5.52. The molecule has 0 saturated heterocycles. The number of fused-ring (bicyclic) bond motifs is 2. The van der Waals surface area contributed by atoms with Gasteiger partial charge in [0, 0.05) is 11.1 Å². The Morgan fingerprint density at radius 2 is 1.50 bits per heavy atom. The van der Waals surface area contributed by atoms with Gasteiger partial charge in [0.05, 0.1) is 11.6 Å². The van der Waals surface area contributed by atoms with Gasteiger partial charge in [-0.3, -0.25) is 5.32 Å². The van der Waals surface area contributed by atoms with E-state index in [4.69, 9.17) is 11.2 Å². The van der Waals surface area contributed by atoms with E-state index < -0.39 is 0 Å². The Morgan fingerprint density at radius 1 is 1.00 bits per heavy atom. The Kier molecular flexibility index (Phi) is 3.00. The van der Waals surface area contributed by atoms with Crippen LogP contribution in [0.3, 0.4) is 0 Å². The lowest BCUT2D eigenvalue weighted by atomic mass is 9.92. The number of hydrogen-bond donors (Lipinski definition) is 1. The van der Waals surface area contributed by atoms with Crippen LogP contribution in [0.4, 0.5) is 0 Å². The predicted octanol–water partition coefficient (Wildman–Crippen LogP) is 3.88. The Labute approximate surface area is 119 Å². The fourth-order valence-electron chi connectivity index (χ4n) is 2.47.